The number of pyridine rings is 1. The molecule has 4 aromatic carbocycles. The third-order valence-corrected chi connectivity index (χ3v) is 6.32. The summed E-state index contributed by atoms with van der Waals surface area (Å²) in [5, 5.41) is 6.62. The van der Waals surface area contributed by atoms with E-state index < -0.39 is 0 Å². The minimum absolute atomic E-state index is 0.131. The molecule has 1 aromatic heterocycles. The van der Waals surface area contributed by atoms with Gasteiger partial charge in [0.15, 0.2) is 11.5 Å². The average Bonchev–Trinajstić information content (AvgIpc) is 2.88. The molecule has 36 heavy (non-hydrogen) atoms. The molecule has 0 amide bonds. The van der Waals surface area contributed by atoms with Crippen molar-refractivity contribution in [3.63, 3.8) is 0 Å². The first-order valence-corrected chi connectivity index (χ1v) is 11.9. The van der Waals surface area contributed by atoms with Crippen molar-refractivity contribution in [2.45, 2.75) is 26.2 Å². The number of methoxy groups -OCH3 is 2. The zero-order valence-electron chi connectivity index (χ0n) is 21.3. The third kappa shape index (κ3) is 4.65. The van der Waals surface area contributed by atoms with E-state index in [4.69, 9.17) is 14.2 Å². The van der Waals surface area contributed by atoms with Crippen LogP contribution in [0.5, 0.6) is 23.0 Å². The second kappa shape index (κ2) is 9.42. The first-order chi connectivity index (χ1) is 17.4. The maximum absolute atomic E-state index is 6.32. The predicted octanol–water partition coefficient (Wildman–Crippen LogP) is 8.24. The quantitative estimate of drug-likeness (QED) is 0.266. The Balaban J connectivity index is 1.44. The van der Waals surface area contributed by atoms with Crippen LogP contribution < -0.4 is 19.5 Å². The fourth-order valence-electron chi connectivity index (χ4n) is 4.31. The highest BCUT2D eigenvalue weighted by Gasteiger charge is 2.14. The molecule has 0 aliphatic rings. The van der Waals surface area contributed by atoms with E-state index in [0.29, 0.717) is 17.2 Å². The molecule has 0 saturated carbocycles. The topological polar surface area (TPSA) is 52.6 Å². The highest BCUT2D eigenvalue weighted by Crippen LogP contribution is 2.38. The Bertz CT molecular complexity index is 1540. The van der Waals surface area contributed by atoms with Gasteiger partial charge in [-0.25, -0.2) is 0 Å². The summed E-state index contributed by atoms with van der Waals surface area (Å²) in [5.74, 6) is 2.71. The van der Waals surface area contributed by atoms with Crippen LogP contribution in [0, 0.1) is 0 Å². The molecular weight excluding hydrogens is 448 g/mol. The van der Waals surface area contributed by atoms with E-state index in [-0.39, 0.29) is 5.41 Å². The van der Waals surface area contributed by atoms with Crippen LogP contribution in [0.2, 0.25) is 0 Å². The molecule has 0 spiro atoms. The standard InChI is InChI=1S/C31H30N2O3/c1-31(2,3)21-9-11-22(12-10-21)33-26-8-6-7-20-17-23(13-14-24(20)26)36-28-15-16-32-27-19-30(35-5)29(34-4)18-25(27)28/h6-19,33H,1-5H3. The largest absolute Gasteiger partial charge is 0.493 e. The SMILES string of the molecule is COc1cc2nccc(Oc3ccc4c(Nc5ccc(C(C)(C)C)cc5)cccc4c3)c2cc1OC. The molecule has 0 fully saturated rings. The molecule has 0 saturated heterocycles. The van der Waals surface area contributed by atoms with Crippen LogP contribution in [0.1, 0.15) is 26.3 Å². The monoisotopic (exact) mass is 478 g/mol. The number of nitrogens with one attached hydrogen (secondary N) is 1. The summed E-state index contributed by atoms with van der Waals surface area (Å²) in [6.07, 6.45) is 1.73. The van der Waals surface area contributed by atoms with E-state index in [0.717, 1.165) is 38.8 Å². The van der Waals surface area contributed by atoms with Gasteiger partial charge in [0.2, 0.25) is 0 Å². The summed E-state index contributed by atoms with van der Waals surface area (Å²) in [5.41, 5.74) is 4.32. The maximum atomic E-state index is 6.32. The number of benzene rings is 4. The fraction of sp³-hybridized carbons (Fsp3) is 0.194. The van der Waals surface area contributed by atoms with Gasteiger partial charge >= 0.3 is 0 Å². The molecule has 0 unspecified atom stereocenters. The average molecular weight is 479 g/mol. The Morgan fingerprint density at radius 1 is 0.722 bits per heavy atom. The number of nitrogens with zero attached hydrogens (tertiary/aromatic N) is 1. The molecular formula is C31H30N2O3. The number of hydrogen-bond donors (Lipinski definition) is 1. The van der Waals surface area contributed by atoms with Gasteiger partial charge in [0.1, 0.15) is 11.5 Å². The number of anilines is 2. The molecule has 0 bridgehead atoms. The Kier molecular flexibility index (Phi) is 6.15. The molecule has 0 aliphatic carbocycles. The minimum atomic E-state index is 0.131. The number of fused-ring (bicyclic) bond motifs is 2. The zero-order valence-corrected chi connectivity index (χ0v) is 21.3. The fourth-order valence-corrected chi connectivity index (χ4v) is 4.31. The van der Waals surface area contributed by atoms with Crippen LogP contribution in [0.25, 0.3) is 21.7 Å². The second-order valence-corrected chi connectivity index (χ2v) is 9.78. The van der Waals surface area contributed by atoms with Crippen molar-refractivity contribution in [2.75, 3.05) is 19.5 Å². The van der Waals surface area contributed by atoms with Gasteiger partial charge in [0.25, 0.3) is 0 Å². The molecule has 5 nitrogen and oxygen atoms in total. The van der Waals surface area contributed by atoms with Crippen LogP contribution in [0.3, 0.4) is 0 Å². The number of hydrogen-bond acceptors (Lipinski definition) is 5. The van der Waals surface area contributed by atoms with Gasteiger partial charge in [0, 0.05) is 34.4 Å². The predicted molar refractivity (Wildman–Crippen MR) is 147 cm³/mol. The van der Waals surface area contributed by atoms with Crippen molar-refractivity contribution >= 4 is 33.1 Å². The van der Waals surface area contributed by atoms with E-state index >= 15 is 0 Å². The Morgan fingerprint density at radius 2 is 1.47 bits per heavy atom. The van der Waals surface area contributed by atoms with Gasteiger partial charge in [-0.15, -0.1) is 0 Å². The summed E-state index contributed by atoms with van der Waals surface area (Å²) in [4.78, 5) is 4.46. The lowest BCUT2D eigenvalue weighted by atomic mass is 9.87. The van der Waals surface area contributed by atoms with E-state index in [1.807, 2.05) is 24.3 Å². The van der Waals surface area contributed by atoms with E-state index in [1.165, 1.54) is 5.56 Å². The molecule has 5 rings (SSSR count). The lowest BCUT2D eigenvalue weighted by molar-refractivity contribution is 0.355. The molecule has 0 radical (unpaired) electrons. The van der Waals surface area contributed by atoms with Crippen LogP contribution in [0.4, 0.5) is 11.4 Å². The zero-order chi connectivity index (χ0) is 25.3. The van der Waals surface area contributed by atoms with Crippen molar-refractivity contribution in [1.29, 1.82) is 0 Å². The minimum Gasteiger partial charge on any atom is -0.493 e. The van der Waals surface area contributed by atoms with E-state index in [1.54, 1.807) is 20.4 Å². The van der Waals surface area contributed by atoms with Crippen LogP contribution in [-0.4, -0.2) is 19.2 Å². The van der Waals surface area contributed by atoms with Crippen LogP contribution >= 0.6 is 0 Å². The van der Waals surface area contributed by atoms with Crippen LogP contribution in [-0.2, 0) is 5.41 Å². The highest BCUT2D eigenvalue weighted by molar-refractivity contribution is 5.96. The number of rotatable bonds is 6. The van der Waals surface area contributed by atoms with Crippen LogP contribution in [0.15, 0.2) is 85.1 Å². The van der Waals surface area contributed by atoms with Crippen molar-refractivity contribution < 1.29 is 14.2 Å². The molecule has 1 heterocycles. The summed E-state index contributed by atoms with van der Waals surface area (Å²) in [6.45, 7) is 6.67. The molecule has 0 aliphatic heterocycles. The normalized spacial score (nSPS) is 11.5. The molecule has 182 valence electrons. The van der Waals surface area contributed by atoms with Gasteiger partial charge in [-0.05, 0) is 64.9 Å². The molecule has 5 aromatic rings. The molecule has 5 heteroatoms. The summed E-state index contributed by atoms with van der Waals surface area (Å²) < 4.78 is 17.2. The molecule has 1 N–H and O–H groups in total. The van der Waals surface area contributed by atoms with Gasteiger partial charge in [-0.3, -0.25) is 4.98 Å². The first kappa shape index (κ1) is 23.5. The first-order valence-electron chi connectivity index (χ1n) is 11.9. The van der Waals surface area contributed by atoms with Gasteiger partial charge < -0.3 is 19.5 Å². The smallest absolute Gasteiger partial charge is 0.162 e. The van der Waals surface area contributed by atoms with Crippen molar-refractivity contribution in [3.05, 3.63) is 90.6 Å². The van der Waals surface area contributed by atoms with E-state index in [2.05, 4.69) is 85.7 Å². The highest BCUT2D eigenvalue weighted by atomic mass is 16.5. The lowest BCUT2D eigenvalue weighted by Gasteiger charge is -2.19. The lowest BCUT2D eigenvalue weighted by Crippen LogP contribution is -2.10. The number of ether oxygens (including phenoxy) is 3. The van der Waals surface area contributed by atoms with Crippen molar-refractivity contribution in [2.24, 2.45) is 0 Å². The maximum Gasteiger partial charge on any atom is 0.162 e. The third-order valence-electron chi connectivity index (χ3n) is 6.32. The van der Waals surface area contributed by atoms with Crippen molar-refractivity contribution in [1.82, 2.24) is 4.98 Å². The summed E-state index contributed by atoms with van der Waals surface area (Å²) in [7, 11) is 3.23. The van der Waals surface area contributed by atoms with Gasteiger partial charge in [-0.2, -0.15) is 0 Å². The Hall–Kier alpha value is -4.25. The van der Waals surface area contributed by atoms with Crippen molar-refractivity contribution in [3.8, 4) is 23.0 Å². The summed E-state index contributed by atoms with van der Waals surface area (Å²) >= 11 is 0. The second-order valence-electron chi connectivity index (χ2n) is 9.78. The Morgan fingerprint density at radius 3 is 2.19 bits per heavy atom. The van der Waals surface area contributed by atoms with Gasteiger partial charge in [-0.1, -0.05) is 45.0 Å². The van der Waals surface area contributed by atoms with E-state index in [9.17, 15) is 0 Å². The summed E-state index contributed by atoms with van der Waals surface area (Å²) in [6, 6.07) is 26.6. The van der Waals surface area contributed by atoms with Gasteiger partial charge in [0.05, 0.1) is 19.7 Å². The molecule has 0 atom stereocenters. The Labute approximate surface area is 211 Å². The number of aromatic nitrogens is 1.